The minimum Gasteiger partial charge on any atom is -0.324 e. The lowest BCUT2D eigenvalue weighted by molar-refractivity contribution is -0.115. The number of para-hydroxylation sites is 1. The fraction of sp³-hybridized carbons (Fsp3) is 0.0952. The molecule has 2 N–H and O–H groups in total. The second-order valence-electron chi connectivity index (χ2n) is 6.17. The first kappa shape index (κ1) is 21.4. The van der Waals surface area contributed by atoms with E-state index in [0.29, 0.717) is 5.69 Å². The molecule has 0 spiro atoms. The standard InChI is InChI=1S/C21H19BrN2O3S2/c1-15(21(25)23-20-10-6-5-9-19(20)22)28-17-13-11-16(12-14-17)24-29(26,27)18-7-3-2-4-8-18/h2-15,24H,1H3,(H,23,25). The molecule has 3 aromatic rings. The highest BCUT2D eigenvalue weighted by Gasteiger charge is 2.16. The first-order valence-electron chi connectivity index (χ1n) is 8.75. The molecule has 0 bridgehead atoms. The average molecular weight is 491 g/mol. The van der Waals surface area contributed by atoms with Gasteiger partial charge in [0.1, 0.15) is 0 Å². The Morgan fingerprint density at radius 1 is 0.931 bits per heavy atom. The first-order chi connectivity index (χ1) is 13.8. The number of hydrogen-bond donors (Lipinski definition) is 2. The Morgan fingerprint density at radius 3 is 2.21 bits per heavy atom. The fourth-order valence-electron chi connectivity index (χ4n) is 2.47. The molecule has 1 unspecified atom stereocenters. The van der Waals surface area contributed by atoms with Gasteiger partial charge in [0.2, 0.25) is 5.91 Å². The van der Waals surface area contributed by atoms with Crippen LogP contribution in [0.1, 0.15) is 6.92 Å². The number of halogens is 1. The molecule has 1 atom stereocenters. The van der Waals surface area contributed by atoms with Crippen LogP contribution in [-0.4, -0.2) is 19.6 Å². The third kappa shape index (κ3) is 5.85. The minimum atomic E-state index is -3.63. The zero-order valence-corrected chi connectivity index (χ0v) is 18.7. The van der Waals surface area contributed by atoms with Crippen molar-refractivity contribution in [2.75, 3.05) is 10.0 Å². The summed E-state index contributed by atoms with van der Waals surface area (Å²) in [5.41, 5.74) is 1.18. The van der Waals surface area contributed by atoms with E-state index >= 15 is 0 Å². The van der Waals surface area contributed by atoms with Gasteiger partial charge in [-0.2, -0.15) is 0 Å². The Balaban J connectivity index is 1.61. The van der Waals surface area contributed by atoms with Crippen LogP contribution in [0, 0.1) is 0 Å². The van der Waals surface area contributed by atoms with Gasteiger partial charge in [-0.25, -0.2) is 8.42 Å². The fourth-order valence-corrected chi connectivity index (χ4v) is 4.80. The SMILES string of the molecule is CC(Sc1ccc(NS(=O)(=O)c2ccccc2)cc1)C(=O)Nc1ccccc1Br. The summed E-state index contributed by atoms with van der Waals surface area (Å²) in [6.45, 7) is 1.82. The van der Waals surface area contributed by atoms with Gasteiger partial charge < -0.3 is 5.32 Å². The average Bonchev–Trinajstić information content (AvgIpc) is 2.71. The third-order valence-corrected chi connectivity index (χ3v) is 7.17. The molecule has 0 aliphatic carbocycles. The van der Waals surface area contributed by atoms with Gasteiger partial charge in [0.05, 0.1) is 15.8 Å². The Morgan fingerprint density at radius 2 is 1.55 bits per heavy atom. The number of anilines is 2. The van der Waals surface area contributed by atoms with E-state index in [1.807, 2.05) is 31.2 Å². The second kappa shape index (κ2) is 9.47. The summed E-state index contributed by atoms with van der Waals surface area (Å²) in [7, 11) is -3.63. The van der Waals surface area contributed by atoms with Crippen molar-refractivity contribution < 1.29 is 13.2 Å². The van der Waals surface area contributed by atoms with Crippen LogP contribution in [0.15, 0.2) is 93.1 Å². The van der Waals surface area contributed by atoms with Gasteiger partial charge in [-0.05, 0) is 71.4 Å². The predicted molar refractivity (Wildman–Crippen MR) is 122 cm³/mol. The first-order valence-corrected chi connectivity index (χ1v) is 11.9. The summed E-state index contributed by atoms with van der Waals surface area (Å²) >= 11 is 4.81. The summed E-state index contributed by atoms with van der Waals surface area (Å²) in [4.78, 5) is 13.5. The summed E-state index contributed by atoms with van der Waals surface area (Å²) in [5, 5.41) is 2.57. The molecule has 0 heterocycles. The monoisotopic (exact) mass is 490 g/mol. The largest absolute Gasteiger partial charge is 0.324 e. The predicted octanol–water partition coefficient (Wildman–Crippen LogP) is 5.37. The maximum atomic E-state index is 12.4. The van der Waals surface area contributed by atoms with E-state index < -0.39 is 10.0 Å². The van der Waals surface area contributed by atoms with Crippen LogP contribution in [0.25, 0.3) is 0 Å². The van der Waals surface area contributed by atoms with Crippen LogP contribution in [0.3, 0.4) is 0 Å². The number of carbonyl (C=O) groups is 1. The molecule has 150 valence electrons. The Hall–Kier alpha value is -2.29. The van der Waals surface area contributed by atoms with E-state index in [2.05, 4.69) is 26.0 Å². The smallest absolute Gasteiger partial charge is 0.261 e. The zero-order chi connectivity index (χ0) is 20.9. The minimum absolute atomic E-state index is 0.115. The van der Waals surface area contributed by atoms with Crippen LogP contribution < -0.4 is 10.0 Å². The van der Waals surface area contributed by atoms with Crippen molar-refractivity contribution in [1.29, 1.82) is 0 Å². The highest BCUT2D eigenvalue weighted by atomic mass is 79.9. The lowest BCUT2D eigenvalue weighted by atomic mass is 10.3. The van der Waals surface area contributed by atoms with E-state index in [-0.39, 0.29) is 16.1 Å². The van der Waals surface area contributed by atoms with Crippen molar-refractivity contribution >= 4 is 55.0 Å². The van der Waals surface area contributed by atoms with Crippen LogP contribution >= 0.6 is 27.7 Å². The molecular weight excluding hydrogens is 472 g/mol. The van der Waals surface area contributed by atoms with Gasteiger partial charge in [0.25, 0.3) is 10.0 Å². The molecule has 0 saturated heterocycles. The lowest BCUT2D eigenvalue weighted by Gasteiger charge is -2.13. The van der Waals surface area contributed by atoms with Gasteiger partial charge in [0.15, 0.2) is 0 Å². The quantitative estimate of drug-likeness (QED) is 0.436. The van der Waals surface area contributed by atoms with Crippen molar-refractivity contribution in [2.45, 2.75) is 22.0 Å². The van der Waals surface area contributed by atoms with E-state index in [4.69, 9.17) is 0 Å². The molecular formula is C21H19BrN2O3S2. The van der Waals surface area contributed by atoms with Gasteiger partial charge in [-0.15, -0.1) is 11.8 Å². The van der Waals surface area contributed by atoms with Gasteiger partial charge in [0, 0.05) is 15.1 Å². The molecule has 0 aliphatic rings. The molecule has 5 nitrogen and oxygen atoms in total. The van der Waals surface area contributed by atoms with Crippen molar-refractivity contribution in [3.05, 3.63) is 83.3 Å². The molecule has 29 heavy (non-hydrogen) atoms. The summed E-state index contributed by atoms with van der Waals surface area (Å²) in [6.07, 6.45) is 0. The Labute approximate surface area is 183 Å². The summed E-state index contributed by atoms with van der Waals surface area (Å²) < 4.78 is 28.1. The van der Waals surface area contributed by atoms with Crippen molar-refractivity contribution in [3.63, 3.8) is 0 Å². The molecule has 3 rings (SSSR count). The van der Waals surface area contributed by atoms with Crippen molar-refractivity contribution in [2.24, 2.45) is 0 Å². The normalized spacial score (nSPS) is 12.2. The molecule has 1 amide bonds. The number of rotatable bonds is 7. The summed E-state index contributed by atoms with van der Waals surface area (Å²) in [6, 6.07) is 22.6. The van der Waals surface area contributed by atoms with Gasteiger partial charge in [-0.3, -0.25) is 9.52 Å². The highest BCUT2D eigenvalue weighted by Crippen LogP contribution is 2.28. The number of thioether (sulfide) groups is 1. The number of sulfonamides is 1. The molecule has 0 radical (unpaired) electrons. The highest BCUT2D eigenvalue weighted by molar-refractivity contribution is 9.10. The lowest BCUT2D eigenvalue weighted by Crippen LogP contribution is -2.22. The topological polar surface area (TPSA) is 75.3 Å². The maximum absolute atomic E-state index is 12.4. The molecule has 8 heteroatoms. The number of amides is 1. The van der Waals surface area contributed by atoms with Crippen LogP contribution in [0.4, 0.5) is 11.4 Å². The van der Waals surface area contributed by atoms with Crippen LogP contribution in [0.2, 0.25) is 0 Å². The van der Waals surface area contributed by atoms with Crippen molar-refractivity contribution in [1.82, 2.24) is 0 Å². The van der Waals surface area contributed by atoms with E-state index in [1.165, 1.54) is 23.9 Å². The number of nitrogens with one attached hydrogen (secondary N) is 2. The van der Waals surface area contributed by atoms with E-state index in [9.17, 15) is 13.2 Å². The third-order valence-electron chi connectivity index (χ3n) is 3.97. The summed E-state index contributed by atoms with van der Waals surface area (Å²) in [5.74, 6) is -0.115. The van der Waals surface area contributed by atoms with E-state index in [1.54, 1.807) is 42.5 Å². The van der Waals surface area contributed by atoms with E-state index in [0.717, 1.165) is 15.1 Å². The molecule has 0 fully saturated rings. The molecule has 0 aromatic heterocycles. The number of benzene rings is 3. The molecule has 3 aromatic carbocycles. The van der Waals surface area contributed by atoms with Crippen LogP contribution in [0.5, 0.6) is 0 Å². The second-order valence-corrected chi connectivity index (χ2v) is 10.1. The van der Waals surface area contributed by atoms with Crippen molar-refractivity contribution in [3.8, 4) is 0 Å². The zero-order valence-electron chi connectivity index (χ0n) is 15.5. The Bertz CT molecular complexity index is 1090. The molecule has 0 saturated carbocycles. The number of hydrogen-bond acceptors (Lipinski definition) is 4. The van der Waals surface area contributed by atoms with Gasteiger partial charge in [-0.1, -0.05) is 30.3 Å². The maximum Gasteiger partial charge on any atom is 0.261 e. The number of carbonyl (C=O) groups excluding carboxylic acids is 1. The van der Waals surface area contributed by atoms with Crippen LogP contribution in [-0.2, 0) is 14.8 Å². The van der Waals surface area contributed by atoms with Gasteiger partial charge >= 0.3 is 0 Å². The molecule has 0 aliphatic heterocycles. The Kier molecular flexibility index (Phi) is 7.00.